The van der Waals surface area contributed by atoms with Crippen LogP contribution in [0.2, 0.25) is 0 Å². The molecule has 1 heterocycles. The Hall–Kier alpha value is -2.67. The van der Waals surface area contributed by atoms with Gasteiger partial charge in [0, 0.05) is 37.5 Å². The van der Waals surface area contributed by atoms with Gasteiger partial charge in [-0.25, -0.2) is 9.18 Å². The summed E-state index contributed by atoms with van der Waals surface area (Å²) in [5.41, 5.74) is 3.15. The summed E-state index contributed by atoms with van der Waals surface area (Å²) < 4.78 is 19.4. The second-order valence-electron chi connectivity index (χ2n) is 8.01. The number of benzene rings is 1. The Balaban J connectivity index is 1.77. The number of hydrogen-bond donors (Lipinski definition) is 2. The van der Waals surface area contributed by atoms with E-state index in [1.165, 1.54) is 13.2 Å². The number of ether oxygens (including phenoxy) is 1. The van der Waals surface area contributed by atoms with Gasteiger partial charge in [-0.2, -0.15) is 0 Å². The van der Waals surface area contributed by atoms with E-state index in [0.29, 0.717) is 23.4 Å². The number of halogens is 1. The Kier molecular flexibility index (Phi) is 6.92. The molecule has 0 spiro atoms. The van der Waals surface area contributed by atoms with Crippen LogP contribution in [0.15, 0.2) is 35.8 Å². The Morgan fingerprint density at radius 3 is 2.77 bits per heavy atom. The predicted octanol–water partition coefficient (Wildman–Crippen LogP) is 3.49. The Morgan fingerprint density at radius 2 is 2.07 bits per heavy atom. The number of piperidine rings is 1. The Bertz CT molecular complexity index is 893. The predicted molar refractivity (Wildman–Crippen MR) is 113 cm³/mol. The number of anilines is 1. The van der Waals surface area contributed by atoms with Gasteiger partial charge in [-0.1, -0.05) is 6.07 Å². The van der Waals surface area contributed by atoms with E-state index in [-0.39, 0.29) is 18.9 Å². The molecule has 1 aromatic carbocycles. The van der Waals surface area contributed by atoms with Crippen LogP contribution < -0.4 is 5.32 Å². The lowest BCUT2D eigenvalue weighted by atomic mass is 9.92. The molecule has 1 aliphatic carbocycles. The maximum absolute atomic E-state index is 14.6. The van der Waals surface area contributed by atoms with Crippen molar-refractivity contribution in [3.05, 3.63) is 52.5 Å². The minimum Gasteiger partial charge on any atom is -0.465 e. The summed E-state index contributed by atoms with van der Waals surface area (Å²) in [5.74, 6) is -2.14. The van der Waals surface area contributed by atoms with E-state index in [4.69, 9.17) is 4.74 Å². The first kappa shape index (κ1) is 22.0. The molecule has 0 saturated carbocycles. The van der Waals surface area contributed by atoms with Crippen molar-refractivity contribution >= 4 is 17.6 Å². The molecule has 2 unspecified atom stereocenters. The normalized spacial score (nSPS) is 21.6. The monoisotopic (exact) mass is 416 g/mol. The number of nitrogens with one attached hydrogen (secondary N) is 1. The van der Waals surface area contributed by atoms with Gasteiger partial charge in [-0.05, 0) is 62.0 Å². The lowest BCUT2D eigenvalue weighted by Crippen LogP contribution is -2.38. The van der Waals surface area contributed by atoms with Crippen molar-refractivity contribution in [1.29, 1.82) is 0 Å². The summed E-state index contributed by atoms with van der Waals surface area (Å²) >= 11 is 0. The maximum atomic E-state index is 14.6. The fraction of sp³-hybridized carbons (Fsp3) is 0.478. The van der Waals surface area contributed by atoms with Gasteiger partial charge in [0.1, 0.15) is 5.83 Å². The fourth-order valence-corrected chi connectivity index (χ4v) is 4.17. The number of carbonyl (C=O) groups excluding carboxylic acids is 2. The highest BCUT2D eigenvalue weighted by Crippen LogP contribution is 2.33. The molecular formula is C23H29FN2O4. The number of likely N-dealkylation sites (tertiary alicyclic amines) is 1. The number of nitrogens with zero attached hydrogens (tertiary/aromatic N) is 1. The molecule has 3 rings (SSSR count). The molecule has 2 aliphatic rings. The molecule has 1 fully saturated rings. The van der Waals surface area contributed by atoms with E-state index in [1.54, 1.807) is 25.1 Å². The number of rotatable bonds is 5. The summed E-state index contributed by atoms with van der Waals surface area (Å²) in [6.45, 7) is 5.24. The van der Waals surface area contributed by atoms with Crippen molar-refractivity contribution in [2.45, 2.75) is 33.1 Å². The first-order valence-electron chi connectivity index (χ1n) is 10.3. The van der Waals surface area contributed by atoms with E-state index in [9.17, 15) is 19.1 Å². The van der Waals surface area contributed by atoms with E-state index in [2.05, 4.69) is 10.2 Å². The average Bonchev–Trinajstić information content (AvgIpc) is 2.76. The third kappa shape index (κ3) is 4.56. The molecular weight excluding hydrogens is 387 g/mol. The molecule has 6 nitrogen and oxygen atoms in total. The SMILES string of the molecule is COC(=O)c1ccc(C)c(NC(=O)C2CC(N3CCCC(CO)C3)=CC=C2F)c1C. The molecule has 0 aromatic heterocycles. The van der Waals surface area contributed by atoms with E-state index < -0.39 is 23.6 Å². The summed E-state index contributed by atoms with van der Waals surface area (Å²) in [5, 5.41) is 12.3. The van der Waals surface area contributed by atoms with Gasteiger partial charge < -0.3 is 20.1 Å². The van der Waals surface area contributed by atoms with Crippen LogP contribution in [0.3, 0.4) is 0 Å². The number of methoxy groups -OCH3 is 1. The number of esters is 1. The molecule has 1 aliphatic heterocycles. The fourth-order valence-electron chi connectivity index (χ4n) is 4.17. The number of aliphatic hydroxyl groups excluding tert-OH is 1. The van der Waals surface area contributed by atoms with Crippen molar-refractivity contribution in [3.8, 4) is 0 Å². The number of allylic oxidation sites excluding steroid dienone is 3. The number of aryl methyl sites for hydroxylation is 1. The van der Waals surface area contributed by atoms with Crippen molar-refractivity contribution in [3.63, 3.8) is 0 Å². The van der Waals surface area contributed by atoms with E-state index >= 15 is 0 Å². The smallest absolute Gasteiger partial charge is 0.338 e. The van der Waals surface area contributed by atoms with Gasteiger partial charge in [0.25, 0.3) is 0 Å². The van der Waals surface area contributed by atoms with Crippen molar-refractivity contribution in [1.82, 2.24) is 4.90 Å². The van der Waals surface area contributed by atoms with Crippen LogP contribution in [0, 0.1) is 25.7 Å². The third-order valence-electron chi connectivity index (χ3n) is 6.01. The van der Waals surface area contributed by atoms with Gasteiger partial charge in [-0.15, -0.1) is 0 Å². The molecule has 2 atom stereocenters. The van der Waals surface area contributed by atoms with Crippen LogP contribution >= 0.6 is 0 Å². The summed E-state index contributed by atoms with van der Waals surface area (Å²) in [6.07, 6.45) is 5.29. The second-order valence-corrected chi connectivity index (χ2v) is 8.01. The van der Waals surface area contributed by atoms with Crippen LogP contribution in [-0.4, -0.2) is 48.7 Å². The zero-order chi connectivity index (χ0) is 21.8. The first-order chi connectivity index (χ1) is 14.3. The Morgan fingerprint density at radius 1 is 1.30 bits per heavy atom. The number of aliphatic hydroxyl groups is 1. The topological polar surface area (TPSA) is 78.9 Å². The van der Waals surface area contributed by atoms with Gasteiger partial charge in [0.2, 0.25) is 5.91 Å². The van der Waals surface area contributed by atoms with Gasteiger partial charge in [-0.3, -0.25) is 4.79 Å². The molecule has 1 amide bonds. The molecule has 2 N–H and O–H groups in total. The van der Waals surface area contributed by atoms with Crippen LogP contribution in [-0.2, 0) is 9.53 Å². The largest absolute Gasteiger partial charge is 0.465 e. The van der Waals surface area contributed by atoms with E-state index in [1.807, 2.05) is 6.92 Å². The Labute approximate surface area is 176 Å². The maximum Gasteiger partial charge on any atom is 0.338 e. The first-order valence-corrected chi connectivity index (χ1v) is 10.3. The highest BCUT2D eigenvalue weighted by Gasteiger charge is 2.31. The standard InChI is InChI=1S/C23H29FN2O4/c1-14-6-8-18(23(29)30-3)15(2)21(14)25-22(28)19-11-17(7-9-20(19)24)26-10-4-5-16(12-26)13-27/h6-9,16,19,27H,4-5,10-13H2,1-3H3,(H,25,28). The summed E-state index contributed by atoms with van der Waals surface area (Å²) in [7, 11) is 1.30. The van der Waals surface area contributed by atoms with Crippen molar-refractivity contribution in [2.75, 3.05) is 32.1 Å². The van der Waals surface area contributed by atoms with Crippen LogP contribution in [0.25, 0.3) is 0 Å². The van der Waals surface area contributed by atoms with Gasteiger partial charge in [0.15, 0.2) is 0 Å². The molecule has 1 saturated heterocycles. The molecule has 7 heteroatoms. The lowest BCUT2D eigenvalue weighted by Gasteiger charge is -2.37. The molecule has 0 bridgehead atoms. The average molecular weight is 416 g/mol. The second kappa shape index (κ2) is 9.43. The number of amides is 1. The summed E-state index contributed by atoms with van der Waals surface area (Å²) in [6, 6.07) is 3.39. The number of hydrogen-bond acceptors (Lipinski definition) is 5. The third-order valence-corrected chi connectivity index (χ3v) is 6.01. The summed E-state index contributed by atoms with van der Waals surface area (Å²) in [4.78, 5) is 27.1. The number of carbonyl (C=O) groups is 2. The van der Waals surface area contributed by atoms with Gasteiger partial charge >= 0.3 is 5.97 Å². The molecule has 1 aromatic rings. The molecule has 0 radical (unpaired) electrons. The van der Waals surface area contributed by atoms with Crippen LogP contribution in [0.5, 0.6) is 0 Å². The highest BCUT2D eigenvalue weighted by molar-refractivity contribution is 5.99. The lowest BCUT2D eigenvalue weighted by molar-refractivity contribution is -0.119. The molecule has 162 valence electrons. The zero-order valence-electron chi connectivity index (χ0n) is 17.7. The zero-order valence-corrected chi connectivity index (χ0v) is 17.7. The quantitative estimate of drug-likeness (QED) is 0.719. The van der Waals surface area contributed by atoms with E-state index in [0.717, 1.165) is 30.6 Å². The minimum atomic E-state index is -0.930. The highest BCUT2D eigenvalue weighted by atomic mass is 19.1. The van der Waals surface area contributed by atoms with Crippen molar-refractivity contribution < 1.29 is 23.8 Å². The molecule has 30 heavy (non-hydrogen) atoms. The van der Waals surface area contributed by atoms with Crippen molar-refractivity contribution in [2.24, 2.45) is 11.8 Å². The van der Waals surface area contributed by atoms with Crippen LogP contribution in [0.1, 0.15) is 40.7 Å². The van der Waals surface area contributed by atoms with Gasteiger partial charge in [0.05, 0.1) is 18.6 Å². The van der Waals surface area contributed by atoms with Crippen LogP contribution in [0.4, 0.5) is 10.1 Å². The minimum absolute atomic E-state index is 0.132.